The maximum Gasteiger partial charge on any atom is 0.573 e. The molecule has 1 aliphatic carbocycles. The van der Waals surface area contributed by atoms with Gasteiger partial charge in [-0.3, -0.25) is 9.59 Å². The van der Waals surface area contributed by atoms with Gasteiger partial charge in [0.2, 0.25) is 5.56 Å². The quantitative estimate of drug-likeness (QED) is 0.854. The first kappa shape index (κ1) is 18.0. The number of ether oxygens (including phenoxy) is 1. The van der Waals surface area contributed by atoms with Crippen molar-refractivity contribution in [3.8, 4) is 5.75 Å². The molecule has 0 atom stereocenters. The highest BCUT2D eigenvalue weighted by Gasteiger charge is 2.39. The zero-order chi connectivity index (χ0) is 18.8. The number of rotatable bonds is 5. The van der Waals surface area contributed by atoms with Crippen molar-refractivity contribution in [3.05, 3.63) is 64.1 Å². The molecule has 138 valence electrons. The Morgan fingerprint density at radius 1 is 1.23 bits per heavy atom. The molecule has 1 heterocycles. The van der Waals surface area contributed by atoms with Crippen molar-refractivity contribution in [2.45, 2.75) is 31.0 Å². The number of nitrogens with one attached hydrogen (secondary N) is 2. The van der Waals surface area contributed by atoms with Crippen LogP contribution in [0.1, 0.15) is 35.2 Å². The van der Waals surface area contributed by atoms with Crippen molar-refractivity contribution in [1.29, 1.82) is 0 Å². The summed E-state index contributed by atoms with van der Waals surface area (Å²) < 4.78 is 41.3. The van der Waals surface area contributed by atoms with E-state index in [4.69, 9.17) is 0 Å². The van der Waals surface area contributed by atoms with E-state index in [0.29, 0.717) is 5.56 Å². The highest BCUT2D eigenvalue weighted by molar-refractivity contribution is 5.94. The van der Waals surface area contributed by atoms with Gasteiger partial charge < -0.3 is 15.0 Å². The molecule has 0 saturated heterocycles. The van der Waals surface area contributed by atoms with E-state index >= 15 is 0 Å². The first-order valence-corrected chi connectivity index (χ1v) is 8.11. The normalized spacial score (nSPS) is 15.8. The number of pyridine rings is 1. The van der Waals surface area contributed by atoms with Gasteiger partial charge in [0.1, 0.15) is 5.75 Å². The summed E-state index contributed by atoms with van der Waals surface area (Å²) in [5, 5.41) is 2.78. The summed E-state index contributed by atoms with van der Waals surface area (Å²) in [5.41, 5.74) is 0.115. The Morgan fingerprint density at radius 2 is 2.00 bits per heavy atom. The van der Waals surface area contributed by atoms with Crippen molar-refractivity contribution in [1.82, 2.24) is 10.3 Å². The molecule has 8 heteroatoms. The molecule has 2 N–H and O–H groups in total. The van der Waals surface area contributed by atoms with Crippen LogP contribution >= 0.6 is 0 Å². The fraction of sp³-hybridized carbons (Fsp3) is 0.333. The number of aromatic nitrogens is 1. The maximum atomic E-state index is 12.4. The highest BCUT2D eigenvalue weighted by Crippen LogP contribution is 2.44. The first-order valence-electron chi connectivity index (χ1n) is 8.11. The van der Waals surface area contributed by atoms with Crippen molar-refractivity contribution in [2.75, 3.05) is 6.54 Å². The number of amides is 1. The van der Waals surface area contributed by atoms with Crippen LogP contribution in [0.4, 0.5) is 13.2 Å². The van der Waals surface area contributed by atoms with Gasteiger partial charge in [-0.25, -0.2) is 0 Å². The minimum Gasteiger partial charge on any atom is -0.406 e. The van der Waals surface area contributed by atoms with Crippen LogP contribution in [0.15, 0.2) is 47.4 Å². The molecule has 0 radical (unpaired) electrons. The predicted molar refractivity (Wildman–Crippen MR) is 88.0 cm³/mol. The predicted octanol–water partition coefficient (Wildman–Crippen LogP) is 3.13. The second-order valence-corrected chi connectivity index (χ2v) is 6.33. The Kier molecular flexibility index (Phi) is 4.76. The molecular formula is C18H17F3N2O3. The van der Waals surface area contributed by atoms with Gasteiger partial charge in [-0.05, 0) is 36.6 Å². The maximum absolute atomic E-state index is 12.4. The number of carbonyl (C=O) groups is 1. The summed E-state index contributed by atoms with van der Waals surface area (Å²) in [6, 6.07) is 8.55. The van der Waals surface area contributed by atoms with Crippen LogP contribution in [0.25, 0.3) is 0 Å². The number of carbonyl (C=O) groups excluding carboxylic acids is 1. The van der Waals surface area contributed by atoms with Crippen LogP contribution < -0.4 is 15.6 Å². The third-order valence-corrected chi connectivity index (χ3v) is 4.62. The van der Waals surface area contributed by atoms with E-state index in [1.54, 1.807) is 6.07 Å². The summed E-state index contributed by atoms with van der Waals surface area (Å²) in [5.74, 6) is -0.674. The lowest BCUT2D eigenvalue weighted by Gasteiger charge is -2.42. The molecule has 1 aromatic carbocycles. The van der Waals surface area contributed by atoms with Crippen LogP contribution in [-0.2, 0) is 5.41 Å². The lowest BCUT2D eigenvalue weighted by Crippen LogP contribution is -2.45. The van der Waals surface area contributed by atoms with Crippen LogP contribution in [0.5, 0.6) is 5.75 Å². The second kappa shape index (κ2) is 6.86. The molecule has 0 spiro atoms. The van der Waals surface area contributed by atoms with Gasteiger partial charge >= 0.3 is 6.36 Å². The van der Waals surface area contributed by atoms with E-state index in [0.717, 1.165) is 19.3 Å². The van der Waals surface area contributed by atoms with E-state index in [2.05, 4.69) is 15.0 Å². The minimum absolute atomic E-state index is 0.234. The van der Waals surface area contributed by atoms with E-state index in [-0.39, 0.29) is 23.4 Å². The standard InChI is InChI=1S/C18H17F3N2O3/c19-18(20,21)26-14-4-1-3-13(10-14)17(6-2-7-17)11-23-16(25)12-5-8-22-15(24)9-12/h1,3-5,8-10H,2,6-7,11H2,(H,22,24)(H,23,25). The average molecular weight is 366 g/mol. The van der Waals surface area contributed by atoms with Gasteiger partial charge in [-0.2, -0.15) is 0 Å². The smallest absolute Gasteiger partial charge is 0.406 e. The van der Waals surface area contributed by atoms with Crippen LogP contribution in [0.2, 0.25) is 0 Å². The Morgan fingerprint density at radius 3 is 2.62 bits per heavy atom. The summed E-state index contributed by atoms with van der Waals surface area (Å²) in [6.45, 7) is 0.272. The number of H-pyrrole nitrogens is 1. The molecule has 5 nitrogen and oxygen atoms in total. The van der Waals surface area contributed by atoms with Gasteiger partial charge in [-0.1, -0.05) is 18.6 Å². The fourth-order valence-corrected chi connectivity index (χ4v) is 3.13. The number of alkyl halides is 3. The molecule has 1 fully saturated rings. The van der Waals surface area contributed by atoms with Gasteiger partial charge in [0.15, 0.2) is 0 Å². The topological polar surface area (TPSA) is 71.2 Å². The van der Waals surface area contributed by atoms with Gasteiger partial charge in [-0.15, -0.1) is 13.2 Å². The van der Waals surface area contributed by atoms with E-state index < -0.39 is 17.7 Å². The second-order valence-electron chi connectivity index (χ2n) is 6.33. The summed E-state index contributed by atoms with van der Waals surface area (Å²) in [7, 11) is 0. The van der Waals surface area contributed by atoms with Crippen molar-refractivity contribution in [2.24, 2.45) is 0 Å². The average Bonchev–Trinajstić information content (AvgIpc) is 2.52. The van der Waals surface area contributed by atoms with E-state index in [1.165, 1.54) is 36.5 Å². The monoisotopic (exact) mass is 366 g/mol. The molecule has 1 saturated carbocycles. The number of benzene rings is 1. The molecule has 26 heavy (non-hydrogen) atoms. The summed E-state index contributed by atoms with van der Waals surface area (Å²) >= 11 is 0. The Bertz CT molecular complexity index is 857. The molecule has 0 unspecified atom stereocenters. The minimum atomic E-state index is -4.75. The van der Waals surface area contributed by atoms with E-state index in [9.17, 15) is 22.8 Å². The molecule has 0 aliphatic heterocycles. The van der Waals surface area contributed by atoms with Crippen molar-refractivity contribution >= 4 is 5.91 Å². The molecular weight excluding hydrogens is 349 g/mol. The molecule has 2 aromatic rings. The molecule has 0 bridgehead atoms. The van der Waals surface area contributed by atoms with Crippen molar-refractivity contribution in [3.63, 3.8) is 0 Å². The lowest BCUT2D eigenvalue weighted by molar-refractivity contribution is -0.274. The Hall–Kier alpha value is -2.77. The summed E-state index contributed by atoms with van der Waals surface area (Å²) in [4.78, 5) is 26.0. The molecule has 1 aromatic heterocycles. The molecule has 1 aliphatic rings. The van der Waals surface area contributed by atoms with Crippen LogP contribution in [0.3, 0.4) is 0 Å². The van der Waals surface area contributed by atoms with Gasteiger partial charge in [0.05, 0.1) is 0 Å². The van der Waals surface area contributed by atoms with Crippen LogP contribution in [-0.4, -0.2) is 23.8 Å². The fourth-order valence-electron chi connectivity index (χ4n) is 3.13. The van der Waals surface area contributed by atoms with Gasteiger partial charge in [0, 0.05) is 29.8 Å². The third kappa shape index (κ3) is 4.07. The SMILES string of the molecule is O=C(NCC1(c2cccc(OC(F)(F)F)c2)CCC1)c1cc[nH]c(=O)c1. The highest BCUT2D eigenvalue weighted by atomic mass is 19.4. The Balaban J connectivity index is 1.74. The first-order chi connectivity index (χ1) is 12.3. The zero-order valence-corrected chi connectivity index (χ0v) is 13.7. The number of aromatic amines is 1. The number of halogens is 3. The third-order valence-electron chi connectivity index (χ3n) is 4.62. The number of hydrogen-bond donors (Lipinski definition) is 2. The van der Waals surface area contributed by atoms with E-state index in [1.807, 2.05) is 0 Å². The van der Waals surface area contributed by atoms with Gasteiger partial charge in [0.25, 0.3) is 5.91 Å². The molecule has 1 amide bonds. The van der Waals surface area contributed by atoms with Crippen molar-refractivity contribution < 1.29 is 22.7 Å². The summed E-state index contributed by atoms with van der Waals surface area (Å²) in [6.07, 6.45) is -0.949. The lowest BCUT2D eigenvalue weighted by atomic mass is 9.64. The molecule has 3 rings (SSSR count). The zero-order valence-electron chi connectivity index (χ0n) is 13.7. The largest absolute Gasteiger partial charge is 0.573 e. The Labute approximate surface area is 147 Å². The van der Waals surface area contributed by atoms with Crippen LogP contribution in [0, 0.1) is 0 Å². The number of hydrogen-bond acceptors (Lipinski definition) is 3.